The predicted octanol–water partition coefficient (Wildman–Crippen LogP) is 2.41. The molecule has 1 fully saturated rings. The number of likely N-dealkylation sites (N-methyl/N-ethyl adjacent to an activating group) is 1. The van der Waals surface area contributed by atoms with Crippen LogP contribution in [0.1, 0.15) is 22.7 Å². The van der Waals surface area contributed by atoms with E-state index < -0.39 is 0 Å². The first-order valence-electron chi connectivity index (χ1n) is 6.76. The normalized spacial score (nSPS) is 19.6. The first-order valence-corrected chi connectivity index (χ1v) is 7.58. The zero-order valence-corrected chi connectivity index (χ0v) is 12.8. The lowest BCUT2D eigenvalue weighted by molar-refractivity contribution is 0.616. The van der Waals surface area contributed by atoms with E-state index in [1.165, 1.54) is 22.2 Å². The minimum atomic E-state index is 0.574. The molecule has 3 heterocycles. The van der Waals surface area contributed by atoms with Gasteiger partial charge in [0.1, 0.15) is 16.5 Å². The van der Waals surface area contributed by atoms with Gasteiger partial charge in [0.25, 0.3) is 0 Å². The number of hydrogen-bond acceptors (Lipinski definition) is 5. The van der Waals surface area contributed by atoms with E-state index in [-0.39, 0.29) is 0 Å². The van der Waals surface area contributed by atoms with E-state index in [0.717, 1.165) is 29.6 Å². The van der Waals surface area contributed by atoms with Crippen LogP contribution < -0.4 is 10.2 Å². The Balaban J connectivity index is 2.12. The molecule has 1 unspecified atom stereocenters. The van der Waals surface area contributed by atoms with Gasteiger partial charge in [-0.3, -0.25) is 0 Å². The molecule has 1 N–H and O–H groups in total. The molecule has 0 radical (unpaired) electrons. The molecule has 0 spiro atoms. The van der Waals surface area contributed by atoms with Crippen molar-refractivity contribution < 1.29 is 0 Å². The van der Waals surface area contributed by atoms with Crippen LogP contribution in [0, 0.1) is 20.8 Å². The average molecular weight is 276 g/mol. The Morgan fingerprint density at radius 1 is 1.26 bits per heavy atom. The Labute approximate surface area is 117 Å². The topological polar surface area (TPSA) is 41.0 Å². The summed E-state index contributed by atoms with van der Waals surface area (Å²) in [4.78, 5) is 14.2. The number of hydrogen-bond donors (Lipinski definition) is 1. The fourth-order valence-corrected chi connectivity index (χ4v) is 3.82. The van der Waals surface area contributed by atoms with Crippen molar-refractivity contribution in [2.45, 2.75) is 33.2 Å². The summed E-state index contributed by atoms with van der Waals surface area (Å²) in [5, 5.41) is 4.62. The molecular formula is C14H20N4S. The van der Waals surface area contributed by atoms with E-state index in [1.54, 1.807) is 11.3 Å². The maximum Gasteiger partial charge on any atom is 0.141 e. The molecule has 4 nitrogen and oxygen atoms in total. The highest BCUT2D eigenvalue weighted by Gasteiger charge is 2.25. The average Bonchev–Trinajstić information content (AvgIpc) is 2.95. The van der Waals surface area contributed by atoms with Gasteiger partial charge in [-0.05, 0) is 39.8 Å². The molecule has 0 aromatic carbocycles. The van der Waals surface area contributed by atoms with Crippen LogP contribution in [0.5, 0.6) is 0 Å². The van der Waals surface area contributed by atoms with E-state index in [9.17, 15) is 0 Å². The maximum atomic E-state index is 4.72. The highest BCUT2D eigenvalue weighted by atomic mass is 32.1. The van der Waals surface area contributed by atoms with Crippen molar-refractivity contribution in [2.24, 2.45) is 0 Å². The van der Waals surface area contributed by atoms with E-state index >= 15 is 0 Å². The van der Waals surface area contributed by atoms with Gasteiger partial charge in [0, 0.05) is 24.0 Å². The monoisotopic (exact) mass is 276 g/mol. The molecule has 0 saturated carbocycles. The molecule has 1 aliphatic heterocycles. The number of nitrogens with zero attached hydrogens (tertiary/aromatic N) is 3. The third-order valence-electron chi connectivity index (χ3n) is 4.02. The van der Waals surface area contributed by atoms with E-state index in [2.05, 4.69) is 29.0 Å². The Bertz CT molecular complexity index is 619. The first-order chi connectivity index (χ1) is 9.10. The van der Waals surface area contributed by atoms with E-state index in [0.29, 0.717) is 6.04 Å². The van der Waals surface area contributed by atoms with Crippen LogP contribution in [0.3, 0.4) is 0 Å². The van der Waals surface area contributed by atoms with Crippen molar-refractivity contribution in [3.05, 3.63) is 16.3 Å². The van der Waals surface area contributed by atoms with Crippen LogP contribution in [0.15, 0.2) is 0 Å². The van der Waals surface area contributed by atoms with Crippen LogP contribution >= 0.6 is 11.3 Å². The Morgan fingerprint density at radius 2 is 2.05 bits per heavy atom. The molecule has 1 aliphatic rings. The second-order valence-electron chi connectivity index (χ2n) is 5.28. The molecule has 2 aromatic heterocycles. The van der Waals surface area contributed by atoms with Crippen molar-refractivity contribution in [1.82, 2.24) is 15.3 Å². The first kappa shape index (κ1) is 12.8. The lowest BCUT2D eigenvalue weighted by Gasteiger charge is -2.19. The highest BCUT2D eigenvalue weighted by Crippen LogP contribution is 2.35. The molecule has 102 valence electrons. The molecule has 1 saturated heterocycles. The summed E-state index contributed by atoms with van der Waals surface area (Å²) < 4.78 is 0. The number of thiophene rings is 1. The maximum absolute atomic E-state index is 4.72. The second kappa shape index (κ2) is 4.72. The summed E-state index contributed by atoms with van der Waals surface area (Å²) in [5.41, 5.74) is 1.34. The van der Waals surface area contributed by atoms with Gasteiger partial charge in [-0.25, -0.2) is 9.97 Å². The van der Waals surface area contributed by atoms with Gasteiger partial charge in [0.2, 0.25) is 0 Å². The molecule has 5 heteroatoms. The van der Waals surface area contributed by atoms with Gasteiger partial charge in [0.05, 0.1) is 5.39 Å². The summed E-state index contributed by atoms with van der Waals surface area (Å²) in [6.45, 7) is 8.45. The third-order valence-corrected chi connectivity index (χ3v) is 5.12. The Morgan fingerprint density at radius 3 is 2.74 bits per heavy atom. The standard InChI is InChI=1S/C14H20N4S/c1-8-9(2)19-14-12(8)13(16-10(3)17-14)18-6-5-11(7-18)15-4/h11,15H,5-7H2,1-4H3. The number of fused-ring (bicyclic) bond motifs is 1. The van der Waals surface area contributed by atoms with Gasteiger partial charge >= 0.3 is 0 Å². The van der Waals surface area contributed by atoms with Crippen LogP contribution in [0.2, 0.25) is 0 Å². The molecule has 0 bridgehead atoms. The zero-order valence-electron chi connectivity index (χ0n) is 11.9. The number of nitrogens with one attached hydrogen (secondary N) is 1. The van der Waals surface area contributed by atoms with Crippen molar-refractivity contribution in [3.63, 3.8) is 0 Å². The fraction of sp³-hybridized carbons (Fsp3) is 0.571. The number of aromatic nitrogens is 2. The van der Waals surface area contributed by atoms with Gasteiger partial charge in [0.15, 0.2) is 0 Å². The van der Waals surface area contributed by atoms with Crippen molar-refractivity contribution >= 4 is 27.4 Å². The SMILES string of the molecule is CNC1CCN(c2nc(C)nc3sc(C)c(C)c23)C1. The van der Waals surface area contributed by atoms with Gasteiger partial charge in [-0.15, -0.1) is 11.3 Å². The summed E-state index contributed by atoms with van der Waals surface area (Å²) in [6, 6.07) is 0.574. The quantitative estimate of drug-likeness (QED) is 0.914. The summed E-state index contributed by atoms with van der Waals surface area (Å²) in [6.07, 6.45) is 1.18. The molecule has 3 rings (SSSR count). The third kappa shape index (κ3) is 2.11. The smallest absolute Gasteiger partial charge is 0.141 e. The highest BCUT2D eigenvalue weighted by molar-refractivity contribution is 7.18. The van der Waals surface area contributed by atoms with E-state index in [1.807, 2.05) is 14.0 Å². The second-order valence-corrected chi connectivity index (χ2v) is 6.48. The summed E-state index contributed by atoms with van der Waals surface area (Å²) >= 11 is 1.78. The summed E-state index contributed by atoms with van der Waals surface area (Å²) in [7, 11) is 2.04. The van der Waals surface area contributed by atoms with Crippen molar-refractivity contribution in [1.29, 1.82) is 0 Å². The van der Waals surface area contributed by atoms with Crippen LogP contribution in [0.4, 0.5) is 5.82 Å². The lowest BCUT2D eigenvalue weighted by atomic mass is 10.2. The van der Waals surface area contributed by atoms with Crippen LogP contribution in [-0.2, 0) is 0 Å². The Kier molecular flexibility index (Phi) is 3.19. The summed E-state index contributed by atoms with van der Waals surface area (Å²) in [5.74, 6) is 2.00. The van der Waals surface area contributed by atoms with Crippen molar-refractivity contribution in [2.75, 3.05) is 25.0 Å². The Hall–Kier alpha value is -1.20. The van der Waals surface area contributed by atoms with Crippen molar-refractivity contribution in [3.8, 4) is 0 Å². The minimum absolute atomic E-state index is 0.574. The predicted molar refractivity (Wildman–Crippen MR) is 81.3 cm³/mol. The van der Waals surface area contributed by atoms with Gasteiger partial charge in [-0.1, -0.05) is 0 Å². The van der Waals surface area contributed by atoms with Crippen LogP contribution in [-0.4, -0.2) is 36.1 Å². The number of anilines is 1. The molecule has 0 aliphatic carbocycles. The van der Waals surface area contributed by atoms with E-state index in [4.69, 9.17) is 4.98 Å². The van der Waals surface area contributed by atoms with Gasteiger partial charge < -0.3 is 10.2 Å². The van der Waals surface area contributed by atoms with Crippen LogP contribution in [0.25, 0.3) is 10.2 Å². The van der Waals surface area contributed by atoms with Gasteiger partial charge in [-0.2, -0.15) is 0 Å². The zero-order chi connectivity index (χ0) is 13.6. The lowest BCUT2D eigenvalue weighted by Crippen LogP contribution is -2.30. The largest absolute Gasteiger partial charge is 0.354 e. The molecule has 0 amide bonds. The molecule has 1 atom stereocenters. The number of aryl methyl sites for hydroxylation is 3. The number of rotatable bonds is 2. The minimum Gasteiger partial charge on any atom is -0.354 e. The molecule has 19 heavy (non-hydrogen) atoms. The fourth-order valence-electron chi connectivity index (χ4n) is 2.75. The molecule has 2 aromatic rings. The molecular weight excluding hydrogens is 256 g/mol.